The minimum atomic E-state index is -4.02. The molecule has 0 aliphatic carbocycles. The van der Waals surface area contributed by atoms with E-state index in [1.54, 1.807) is 19.9 Å². The van der Waals surface area contributed by atoms with Crippen molar-refractivity contribution in [2.45, 2.75) is 44.7 Å². The van der Waals surface area contributed by atoms with Gasteiger partial charge in [0, 0.05) is 29.1 Å². The van der Waals surface area contributed by atoms with Crippen molar-refractivity contribution in [3.8, 4) is 11.1 Å². The molecular formula is C23H25N3O5S. The number of carbonyl (C=O) groups is 1. The molecule has 0 unspecified atom stereocenters. The van der Waals surface area contributed by atoms with Gasteiger partial charge in [-0.05, 0) is 48.2 Å². The molecule has 4 aromatic rings. The highest BCUT2D eigenvalue weighted by atomic mass is 32.2. The van der Waals surface area contributed by atoms with Crippen LogP contribution in [0.1, 0.15) is 27.2 Å². The number of hydrogen-bond donors (Lipinski definition) is 2. The summed E-state index contributed by atoms with van der Waals surface area (Å²) in [6.07, 6.45) is 4.79. The predicted octanol–water partition coefficient (Wildman–Crippen LogP) is 4.25. The van der Waals surface area contributed by atoms with E-state index in [0.717, 1.165) is 29.5 Å². The van der Waals surface area contributed by atoms with Gasteiger partial charge in [-0.25, -0.2) is 8.42 Å². The number of sulfonamides is 1. The SMILES string of the molecule is CCCn1cc(-c2ccc3c(c2)oc2ccc(S(=O)(=O)N[C@@H](C(=O)O)C(C)C)cc23)cn1. The first-order chi connectivity index (χ1) is 15.2. The van der Waals surface area contributed by atoms with Gasteiger partial charge in [-0.15, -0.1) is 0 Å². The third-order valence-corrected chi connectivity index (χ3v) is 6.83. The summed E-state index contributed by atoms with van der Waals surface area (Å²) in [5.41, 5.74) is 3.11. The molecule has 0 aliphatic rings. The second-order valence-corrected chi connectivity index (χ2v) is 9.86. The zero-order valence-corrected chi connectivity index (χ0v) is 18.9. The average molecular weight is 456 g/mol. The van der Waals surface area contributed by atoms with E-state index in [9.17, 15) is 18.3 Å². The van der Waals surface area contributed by atoms with Crippen LogP contribution < -0.4 is 4.72 Å². The molecule has 168 valence electrons. The molecule has 0 bridgehead atoms. The number of carboxylic acids is 1. The fraction of sp³-hybridized carbons (Fsp3) is 0.304. The maximum absolute atomic E-state index is 12.8. The van der Waals surface area contributed by atoms with E-state index in [0.29, 0.717) is 16.6 Å². The molecule has 4 rings (SSSR count). The second-order valence-electron chi connectivity index (χ2n) is 8.14. The van der Waals surface area contributed by atoms with Crippen LogP contribution in [0.3, 0.4) is 0 Å². The number of fused-ring (bicyclic) bond motifs is 3. The number of carboxylic acid groups (broad SMARTS) is 1. The Morgan fingerprint density at radius 1 is 1.12 bits per heavy atom. The predicted molar refractivity (Wildman–Crippen MR) is 122 cm³/mol. The number of aromatic nitrogens is 2. The van der Waals surface area contributed by atoms with Gasteiger partial charge in [0.05, 0.1) is 11.1 Å². The largest absolute Gasteiger partial charge is 0.480 e. The number of nitrogens with one attached hydrogen (secondary N) is 1. The van der Waals surface area contributed by atoms with Crippen molar-refractivity contribution in [2.75, 3.05) is 0 Å². The molecule has 32 heavy (non-hydrogen) atoms. The van der Waals surface area contributed by atoms with Gasteiger partial charge in [0.25, 0.3) is 0 Å². The van der Waals surface area contributed by atoms with Crippen LogP contribution in [-0.2, 0) is 21.4 Å². The maximum Gasteiger partial charge on any atom is 0.322 e. The van der Waals surface area contributed by atoms with Crippen LogP contribution in [0.2, 0.25) is 0 Å². The number of nitrogens with zero attached hydrogens (tertiary/aromatic N) is 2. The number of furan rings is 1. The molecule has 0 saturated heterocycles. The Bertz CT molecular complexity index is 1400. The lowest BCUT2D eigenvalue weighted by Crippen LogP contribution is -2.44. The Morgan fingerprint density at radius 2 is 1.91 bits per heavy atom. The Morgan fingerprint density at radius 3 is 2.59 bits per heavy atom. The van der Waals surface area contributed by atoms with Gasteiger partial charge in [0.1, 0.15) is 17.2 Å². The number of rotatable bonds is 8. The molecule has 2 heterocycles. The quantitative estimate of drug-likeness (QED) is 0.411. The monoisotopic (exact) mass is 455 g/mol. The van der Waals surface area contributed by atoms with E-state index in [1.165, 1.54) is 12.1 Å². The second kappa shape index (κ2) is 8.40. The van der Waals surface area contributed by atoms with Gasteiger partial charge in [-0.3, -0.25) is 9.48 Å². The van der Waals surface area contributed by atoms with Gasteiger partial charge >= 0.3 is 5.97 Å². The van der Waals surface area contributed by atoms with Crippen molar-refractivity contribution in [3.05, 3.63) is 48.8 Å². The summed E-state index contributed by atoms with van der Waals surface area (Å²) in [6.45, 7) is 6.24. The summed E-state index contributed by atoms with van der Waals surface area (Å²) in [5, 5.41) is 15.1. The molecule has 2 aromatic carbocycles. The van der Waals surface area contributed by atoms with E-state index >= 15 is 0 Å². The zero-order valence-electron chi connectivity index (χ0n) is 18.1. The lowest BCUT2D eigenvalue weighted by molar-refractivity contribution is -0.140. The molecule has 1 atom stereocenters. The standard InChI is InChI=1S/C23H25N3O5S/c1-4-9-26-13-16(12-24-26)15-5-7-18-19-11-17(6-8-20(19)31-21(18)10-15)32(29,30)25-22(14(2)3)23(27)28/h5-8,10-14,22,25H,4,9H2,1-3H3,(H,27,28)/t22-/m1/s1. The van der Waals surface area contributed by atoms with Gasteiger partial charge in [0.15, 0.2) is 0 Å². The molecule has 0 radical (unpaired) electrons. The fourth-order valence-electron chi connectivity index (χ4n) is 3.67. The highest BCUT2D eigenvalue weighted by molar-refractivity contribution is 7.89. The summed E-state index contributed by atoms with van der Waals surface area (Å²) < 4.78 is 35.8. The number of aliphatic carboxylic acids is 1. The van der Waals surface area contributed by atoms with Crippen LogP contribution in [0.15, 0.2) is 58.1 Å². The van der Waals surface area contributed by atoms with E-state index in [2.05, 4.69) is 16.7 Å². The molecule has 2 aromatic heterocycles. The highest BCUT2D eigenvalue weighted by Crippen LogP contribution is 2.33. The van der Waals surface area contributed by atoms with E-state index in [-0.39, 0.29) is 4.90 Å². The van der Waals surface area contributed by atoms with Crippen molar-refractivity contribution >= 4 is 37.9 Å². The van der Waals surface area contributed by atoms with Crippen LogP contribution >= 0.6 is 0 Å². The Balaban J connectivity index is 1.72. The third kappa shape index (κ3) is 4.13. The minimum absolute atomic E-state index is 0.00971. The van der Waals surface area contributed by atoms with Gasteiger partial charge in [-0.1, -0.05) is 26.8 Å². The minimum Gasteiger partial charge on any atom is -0.480 e. The van der Waals surface area contributed by atoms with Crippen molar-refractivity contribution in [2.24, 2.45) is 5.92 Å². The van der Waals surface area contributed by atoms with Crippen molar-refractivity contribution < 1.29 is 22.7 Å². The van der Waals surface area contributed by atoms with Gasteiger partial charge in [-0.2, -0.15) is 9.82 Å². The summed E-state index contributed by atoms with van der Waals surface area (Å²) >= 11 is 0. The Hall–Kier alpha value is -3.17. The summed E-state index contributed by atoms with van der Waals surface area (Å²) in [6, 6.07) is 9.06. The molecule has 0 spiro atoms. The molecule has 9 heteroatoms. The molecule has 0 aliphatic heterocycles. The van der Waals surface area contributed by atoms with Gasteiger partial charge in [0.2, 0.25) is 10.0 Å². The normalized spacial score (nSPS) is 13.2. The van der Waals surface area contributed by atoms with Crippen LogP contribution in [0.4, 0.5) is 0 Å². The van der Waals surface area contributed by atoms with E-state index in [1.807, 2.05) is 35.3 Å². The highest BCUT2D eigenvalue weighted by Gasteiger charge is 2.28. The first-order valence-corrected chi connectivity index (χ1v) is 11.9. The van der Waals surface area contributed by atoms with Crippen molar-refractivity contribution in [3.63, 3.8) is 0 Å². The van der Waals surface area contributed by atoms with Crippen LogP contribution in [-0.4, -0.2) is 35.3 Å². The summed E-state index contributed by atoms with van der Waals surface area (Å²) in [7, 11) is -4.02. The molecule has 8 nitrogen and oxygen atoms in total. The topological polar surface area (TPSA) is 114 Å². The third-order valence-electron chi connectivity index (χ3n) is 5.39. The number of aryl methyl sites for hydroxylation is 1. The number of hydrogen-bond acceptors (Lipinski definition) is 5. The summed E-state index contributed by atoms with van der Waals surface area (Å²) in [5.74, 6) is -1.62. The molecule has 2 N–H and O–H groups in total. The lowest BCUT2D eigenvalue weighted by atomic mass is 10.1. The smallest absolute Gasteiger partial charge is 0.322 e. The maximum atomic E-state index is 12.8. The van der Waals surface area contributed by atoms with Crippen molar-refractivity contribution in [1.82, 2.24) is 14.5 Å². The Kier molecular flexibility index (Phi) is 5.79. The van der Waals surface area contributed by atoms with Crippen LogP contribution in [0.25, 0.3) is 33.1 Å². The number of benzene rings is 2. The van der Waals surface area contributed by atoms with Crippen LogP contribution in [0.5, 0.6) is 0 Å². The van der Waals surface area contributed by atoms with E-state index in [4.69, 9.17) is 4.42 Å². The average Bonchev–Trinajstić information content (AvgIpc) is 3.35. The van der Waals surface area contributed by atoms with Gasteiger partial charge < -0.3 is 9.52 Å². The molecular weight excluding hydrogens is 430 g/mol. The van der Waals surface area contributed by atoms with Crippen molar-refractivity contribution in [1.29, 1.82) is 0 Å². The first kappa shape index (κ1) is 22.0. The van der Waals surface area contributed by atoms with Crippen LogP contribution in [0, 0.1) is 5.92 Å². The molecule has 0 fully saturated rings. The zero-order chi connectivity index (χ0) is 23.0. The fourth-order valence-corrected chi connectivity index (χ4v) is 5.04. The summed E-state index contributed by atoms with van der Waals surface area (Å²) in [4.78, 5) is 11.4. The lowest BCUT2D eigenvalue weighted by Gasteiger charge is -2.17. The molecule has 0 saturated carbocycles. The van der Waals surface area contributed by atoms with E-state index < -0.39 is 28.0 Å². The first-order valence-electron chi connectivity index (χ1n) is 10.4. The molecule has 0 amide bonds. The Labute approximate surface area is 185 Å².